The number of piperazine rings is 1. The van der Waals surface area contributed by atoms with Gasteiger partial charge in [0.15, 0.2) is 10.8 Å². The van der Waals surface area contributed by atoms with Crippen LogP contribution in [-0.2, 0) is 7.05 Å². The van der Waals surface area contributed by atoms with Crippen LogP contribution in [0.3, 0.4) is 0 Å². The van der Waals surface area contributed by atoms with Crippen molar-refractivity contribution in [1.82, 2.24) is 19.7 Å². The Morgan fingerprint density at radius 1 is 1.17 bits per heavy atom. The molecular weight excluding hydrogens is 322 g/mol. The largest absolute Gasteiger partial charge is 0.345 e. The second kappa shape index (κ2) is 5.90. The van der Waals surface area contributed by atoms with Crippen molar-refractivity contribution in [3.63, 3.8) is 0 Å². The van der Waals surface area contributed by atoms with E-state index in [1.807, 2.05) is 43.3 Å². The van der Waals surface area contributed by atoms with Gasteiger partial charge < -0.3 is 9.80 Å². The lowest BCUT2D eigenvalue weighted by molar-refractivity contribution is 0.0739. The molecule has 1 aliphatic rings. The molecule has 0 radical (unpaired) electrons. The van der Waals surface area contributed by atoms with Gasteiger partial charge in [0.1, 0.15) is 0 Å². The number of hydrogen-bond donors (Lipinski definition) is 0. The van der Waals surface area contributed by atoms with Crippen LogP contribution in [0.2, 0.25) is 0 Å². The van der Waals surface area contributed by atoms with E-state index in [0.29, 0.717) is 18.8 Å². The number of para-hydroxylation sites is 1. The quantitative estimate of drug-likeness (QED) is 0.718. The summed E-state index contributed by atoms with van der Waals surface area (Å²) >= 11 is 1.71. The number of carbonyl (C=O) groups excluding carboxylic acids is 1. The summed E-state index contributed by atoms with van der Waals surface area (Å²) in [6, 6.07) is 8.19. The normalized spacial score (nSPS) is 15.2. The predicted octanol–water partition coefficient (Wildman–Crippen LogP) is 2.30. The van der Waals surface area contributed by atoms with E-state index in [4.69, 9.17) is 4.98 Å². The molecule has 3 heterocycles. The molecule has 4 rings (SSSR count). The standard InChI is InChI=1S/C17H19N5OS/c1-12-11-20(2)19-15(12)16(23)21-7-9-22(10-8-21)17-18-13-5-3-4-6-14(13)24-17/h3-6,11H,7-10H2,1-2H3. The van der Waals surface area contributed by atoms with Gasteiger partial charge in [0, 0.05) is 45.0 Å². The zero-order chi connectivity index (χ0) is 16.7. The maximum atomic E-state index is 12.6. The van der Waals surface area contributed by atoms with Crippen molar-refractivity contribution in [3.8, 4) is 0 Å². The van der Waals surface area contributed by atoms with Crippen LogP contribution >= 0.6 is 11.3 Å². The maximum Gasteiger partial charge on any atom is 0.274 e. The van der Waals surface area contributed by atoms with Gasteiger partial charge in [-0.3, -0.25) is 9.48 Å². The van der Waals surface area contributed by atoms with Crippen LogP contribution < -0.4 is 4.90 Å². The van der Waals surface area contributed by atoms with E-state index in [0.717, 1.165) is 29.3 Å². The van der Waals surface area contributed by atoms with Gasteiger partial charge in [0.05, 0.1) is 10.2 Å². The highest BCUT2D eigenvalue weighted by Crippen LogP contribution is 2.29. The van der Waals surface area contributed by atoms with E-state index in [2.05, 4.69) is 16.1 Å². The molecular formula is C17H19N5OS. The summed E-state index contributed by atoms with van der Waals surface area (Å²) in [6.07, 6.45) is 1.88. The Kier molecular flexibility index (Phi) is 3.72. The van der Waals surface area contributed by atoms with Gasteiger partial charge in [0.2, 0.25) is 0 Å². The highest BCUT2D eigenvalue weighted by molar-refractivity contribution is 7.22. The smallest absolute Gasteiger partial charge is 0.274 e. The first-order valence-electron chi connectivity index (χ1n) is 8.02. The van der Waals surface area contributed by atoms with Crippen LogP contribution in [0.5, 0.6) is 0 Å². The number of nitrogens with zero attached hydrogens (tertiary/aromatic N) is 5. The average molecular weight is 341 g/mol. The first-order chi connectivity index (χ1) is 11.6. The number of anilines is 1. The summed E-state index contributed by atoms with van der Waals surface area (Å²) in [5, 5.41) is 5.33. The first-order valence-corrected chi connectivity index (χ1v) is 8.83. The van der Waals surface area contributed by atoms with Crippen LogP contribution in [0.25, 0.3) is 10.2 Å². The Bertz CT molecular complexity index is 858. The summed E-state index contributed by atoms with van der Waals surface area (Å²) in [6.45, 7) is 4.93. The molecule has 0 aliphatic carbocycles. The second-order valence-electron chi connectivity index (χ2n) is 6.08. The van der Waals surface area contributed by atoms with E-state index in [9.17, 15) is 4.79 Å². The fourth-order valence-corrected chi connectivity index (χ4v) is 4.08. The minimum Gasteiger partial charge on any atom is -0.345 e. The van der Waals surface area contributed by atoms with Crippen molar-refractivity contribution in [2.45, 2.75) is 6.92 Å². The lowest BCUT2D eigenvalue weighted by atomic mass is 10.2. The summed E-state index contributed by atoms with van der Waals surface area (Å²) in [4.78, 5) is 21.5. The van der Waals surface area contributed by atoms with E-state index in [-0.39, 0.29) is 5.91 Å². The molecule has 2 aromatic heterocycles. The Hall–Kier alpha value is -2.41. The summed E-state index contributed by atoms with van der Waals surface area (Å²) in [7, 11) is 1.84. The number of rotatable bonds is 2. The lowest BCUT2D eigenvalue weighted by Crippen LogP contribution is -2.49. The monoisotopic (exact) mass is 341 g/mol. The Morgan fingerprint density at radius 2 is 1.92 bits per heavy atom. The summed E-state index contributed by atoms with van der Waals surface area (Å²) < 4.78 is 2.90. The summed E-state index contributed by atoms with van der Waals surface area (Å²) in [5.41, 5.74) is 2.53. The maximum absolute atomic E-state index is 12.6. The molecule has 0 unspecified atom stereocenters. The topological polar surface area (TPSA) is 54.3 Å². The van der Waals surface area contributed by atoms with Crippen molar-refractivity contribution in [2.75, 3.05) is 31.1 Å². The van der Waals surface area contributed by atoms with Crippen molar-refractivity contribution < 1.29 is 4.79 Å². The van der Waals surface area contributed by atoms with Gasteiger partial charge in [-0.15, -0.1) is 0 Å². The third-order valence-corrected chi connectivity index (χ3v) is 5.43. The van der Waals surface area contributed by atoms with E-state index >= 15 is 0 Å². The van der Waals surface area contributed by atoms with Crippen molar-refractivity contribution in [1.29, 1.82) is 0 Å². The Balaban J connectivity index is 1.46. The van der Waals surface area contributed by atoms with Crippen LogP contribution in [0, 0.1) is 6.92 Å². The fraction of sp³-hybridized carbons (Fsp3) is 0.353. The second-order valence-corrected chi connectivity index (χ2v) is 7.09. The van der Waals surface area contributed by atoms with Gasteiger partial charge in [-0.2, -0.15) is 5.10 Å². The number of aryl methyl sites for hydroxylation is 2. The molecule has 0 N–H and O–H groups in total. The molecule has 1 aromatic carbocycles. The number of carbonyl (C=O) groups is 1. The highest BCUT2D eigenvalue weighted by Gasteiger charge is 2.26. The highest BCUT2D eigenvalue weighted by atomic mass is 32.1. The van der Waals surface area contributed by atoms with E-state index in [1.54, 1.807) is 16.0 Å². The third kappa shape index (κ3) is 2.65. The number of thiazole rings is 1. The van der Waals surface area contributed by atoms with E-state index in [1.165, 1.54) is 4.70 Å². The van der Waals surface area contributed by atoms with Crippen LogP contribution in [0.1, 0.15) is 16.1 Å². The fourth-order valence-electron chi connectivity index (χ4n) is 3.06. The Labute approximate surface area is 144 Å². The molecule has 0 spiro atoms. The van der Waals surface area contributed by atoms with Crippen LogP contribution in [0.15, 0.2) is 30.5 Å². The van der Waals surface area contributed by atoms with Gasteiger partial charge in [-0.1, -0.05) is 23.5 Å². The average Bonchev–Trinajstić information content (AvgIpc) is 3.17. The molecule has 24 heavy (non-hydrogen) atoms. The van der Waals surface area contributed by atoms with Crippen LogP contribution in [-0.4, -0.2) is 51.8 Å². The molecule has 1 fully saturated rings. The van der Waals surface area contributed by atoms with Gasteiger partial charge in [-0.05, 0) is 19.1 Å². The predicted molar refractivity (Wildman–Crippen MR) is 95.7 cm³/mol. The van der Waals surface area contributed by atoms with Crippen molar-refractivity contribution in [2.24, 2.45) is 7.05 Å². The van der Waals surface area contributed by atoms with Gasteiger partial charge in [-0.25, -0.2) is 4.98 Å². The zero-order valence-corrected chi connectivity index (χ0v) is 14.6. The number of amides is 1. The summed E-state index contributed by atoms with van der Waals surface area (Å²) in [5.74, 6) is 0.0250. The minimum atomic E-state index is 0.0250. The third-order valence-electron chi connectivity index (χ3n) is 4.33. The minimum absolute atomic E-state index is 0.0250. The van der Waals surface area contributed by atoms with Crippen molar-refractivity contribution in [3.05, 3.63) is 41.7 Å². The molecule has 3 aromatic rings. The molecule has 124 valence electrons. The van der Waals surface area contributed by atoms with Crippen molar-refractivity contribution >= 4 is 32.6 Å². The number of aromatic nitrogens is 3. The molecule has 1 amide bonds. The number of hydrogen-bond acceptors (Lipinski definition) is 5. The zero-order valence-electron chi connectivity index (χ0n) is 13.8. The number of benzene rings is 1. The van der Waals surface area contributed by atoms with Gasteiger partial charge >= 0.3 is 0 Å². The number of fused-ring (bicyclic) bond motifs is 1. The van der Waals surface area contributed by atoms with E-state index < -0.39 is 0 Å². The molecule has 1 aliphatic heterocycles. The molecule has 0 bridgehead atoms. The molecule has 0 saturated carbocycles. The molecule has 1 saturated heterocycles. The lowest BCUT2D eigenvalue weighted by Gasteiger charge is -2.34. The van der Waals surface area contributed by atoms with Crippen LogP contribution in [0.4, 0.5) is 5.13 Å². The van der Waals surface area contributed by atoms with Gasteiger partial charge in [0.25, 0.3) is 5.91 Å². The first kappa shape index (κ1) is 15.1. The Morgan fingerprint density at radius 3 is 2.58 bits per heavy atom. The molecule has 6 nitrogen and oxygen atoms in total. The molecule has 0 atom stereocenters. The SMILES string of the molecule is Cc1cn(C)nc1C(=O)N1CCN(c2nc3ccccc3s2)CC1. The molecule has 7 heteroatoms.